The Morgan fingerprint density at radius 1 is 1.28 bits per heavy atom. The highest BCUT2D eigenvalue weighted by atomic mass is 19.4. The van der Waals surface area contributed by atoms with Crippen molar-refractivity contribution in [2.45, 2.75) is 57.2 Å². The minimum absolute atomic E-state index is 0.0825. The predicted molar refractivity (Wildman–Crippen MR) is 109 cm³/mol. The highest BCUT2D eigenvalue weighted by Crippen LogP contribution is 2.41. The van der Waals surface area contributed by atoms with Crippen molar-refractivity contribution >= 4 is 5.84 Å². The molecule has 0 spiro atoms. The quantitative estimate of drug-likeness (QED) is 0.609. The van der Waals surface area contributed by atoms with Gasteiger partial charge in [-0.15, -0.1) is 0 Å². The van der Waals surface area contributed by atoms with Crippen molar-refractivity contribution in [1.29, 1.82) is 0 Å². The Morgan fingerprint density at radius 2 is 1.94 bits per heavy atom. The van der Waals surface area contributed by atoms with Crippen LogP contribution in [-0.2, 0) is 16.1 Å². The molecule has 2 aliphatic rings. The molecule has 0 bridgehead atoms. The minimum atomic E-state index is -4.70. The zero-order valence-corrected chi connectivity index (χ0v) is 18.2. The van der Waals surface area contributed by atoms with Crippen LogP contribution < -0.4 is 16.4 Å². The number of likely N-dealkylation sites (N-methyl/N-ethyl adjacent to an activating group) is 1. The fourth-order valence-electron chi connectivity index (χ4n) is 3.62. The van der Waals surface area contributed by atoms with Gasteiger partial charge in [0.1, 0.15) is 17.1 Å². The van der Waals surface area contributed by atoms with Gasteiger partial charge in [0, 0.05) is 6.54 Å². The third-order valence-electron chi connectivity index (χ3n) is 5.45. The number of nitrogens with two attached hydrogens (primary N) is 1. The molecule has 1 aliphatic carbocycles. The molecule has 32 heavy (non-hydrogen) atoms. The Morgan fingerprint density at radius 3 is 2.47 bits per heavy atom. The summed E-state index contributed by atoms with van der Waals surface area (Å²) in [5.41, 5.74) is 5.85. The second kappa shape index (κ2) is 7.50. The average molecular weight is 453 g/mol. The van der Waals surface area contributed by atoms with E-state index < -0.39 is 34.8 Å². The molecule has 174 valence electrons. The van der Waals surface area contributed by atoms with Crippen LogP contribution in [0.25, 0.3) is 0 Å². The maximum absolute atomic E-state index is 13.8. The first-order chi connectivity index (χ1) is 15.0. The first kappa shape index (κ1) is 22.1. The minimum Gasteiger partial charge on any atom is -0.482 e. The van der Waals surface area contributed by atoms with Gasteiger partial charge in [0.2, 0.25) is 11.7 Å². The molecule has 0 radical (unpaired) electrons. The molecule has 0 amide bonds. The Labute approximate surface area is 182 Å². The van der Waals surface area contributed by atoms with Gasteiger partial charge in [-0.05, 0) is 39.7 Å². The Hall–Kier alpha value is -3.09. The lowest BCUT2D eigenvalue weighted by molar-refractivity contribution is -0.0911. The third-order valence-corrected chi connectivity index (χ3v) is 5.45. The van der Waals surface area contributed by atoms with Gasteiger partial charge in [-0.1, -0.05) is 0 Å². The summed E-state index contributed by atoms with van der Waals surface area (Å²) in [5, 5.41) is 18.5. The van der Waals surface area contributed by atoms with E-state index in [0.717, 1.165) is 20.0 Å². The number of methoxy groups -OCH3 is 1. The zero-order chi connectivity index (χ0) is 23.3. The number of nitrogens with one attached hydrogen (secondary N) is 2. The van der Waals surface area contributed by atoms with Crippen molar-refractivity contribution in [3.05, 3.63) is 41.3 Å². The Balaban J connectivity index is 1.84. The van der Waals surface area contributed by atoms with Gasteiger partial charge >= 0.3 is 6.18 Å². The van der Waals surface area contributed by atoms with Crippen molar-refractivity contribution in [2.24, 2.45) is 10.7 Å². The van der Waals surface area contributed by atoms with Crippen LogP contribution >= 0.6 is 0 Å². The first-order valence-corrected chi connectivity index (χ1v) is 10.2. The Kier molecular flexibility index (Phi) is 5.18. The molecule has 1 atom stereocenters. The highest BCUT2D eigenvalue weighted by molar-refractivity contribution is 6.00. The van der Waals surface area contributed by atoms with Crippen molar-refractivity contribution in [2.75, 3.05) is 13.7 Å². The number of hydrogen-bond donors (Lipinski definition) is 3. The first-order valence-electron chi connectivity index (χ1n) is 10.2. The second-order valence-electron chi connectivity index (χ2n) is 8.26. The summed E-state index contributed by atoms with van der Waals surface area (Å²) in [5.74, 6) is -2.64. The van der Waals surface area contributed by atoms with E-state index in [9.17, 15) is 13.2 Å². The van der Waals surface area contributed by atoms with Crippen LogP contribution in [0.1, 0.15) is 51.0 Å². The van der Waals surface area contributed by atoms with E-state index in [1.807, 2.05) is 13.8 Å². The van der Waals surface area contributed by atoms with E-state index in [1.165, 1.54) is 4.80 Å². The number of ether oxygens (including phenoxy) is 1. The number of nitrogens with zero attached hydrogens (tertiary/aromatic N) is 6. The number of aromatic nitrogens is 5. The largest absolute Gasteiger partial charge is 0.482 e. The summed E-state index contributed by atoms with van der Waals surface area (Å²) in [6.45, 7) is 5.68. The number of halogens is 3. The standard InChI is InChI=1S/C19H26F3N9O/c1-5-24-15-14(18(20,21)22)16(32-4)28-19(23,27-15)13-10-12(29-30(13)11-6-7-11)17(2,3)31-25-8-9-26-31/h8-11,28H,5-7,23H2,1-4H3,(H,24,27). The predicted octanol–water partition coefficient (Wildman–Crippen LogP) is 1.69. The summed E-state index contributed by atoms with van der Waals surface area (Å²) < 4.78 is 48.1. The van der Waals surface area contributed by atoms with Gasteiger partial charge in [-0.25, -0.2) is 4.99 Å². The lowest BCUT2D eigenvalue weighted by Gasteiger charge is -2.35. The highest BCUT2D eigenvalue weighted by Gasteiger charge is 2.49. The molecule has 1 aliphatic heterocycles. The maximum Gasteiger partial charge on any atom is 0.425 e. The molecular weight excluding hydrogens is 427 g/mol. The fourth-order valence-corrected chi connectivity index (χ4v) is 3.62. The van der Waals surface area contributed by atoms with Gasteiger partial charge < -0.3 is 15.4 Å². The molecule has 4 N–H and O–H groups in total. The normalized spacial score (nSPS) is 21.9. The van der Waals surface area contributed by atoms with Crippen LogP contribution in [0.15, 0.2) is 34.9 Å². The van der Waals surface area contributed by atoms with E-state index in [1.54, 1.807) is 30.1 Å². The van der Waals surface area contributed by atoms with Gasteiger partial charge in [0.05, 0.1) is 31.2 Å². The lowest BCUT2D eigenvalue weighted by atomic mass is 10.0. The number of rotatable bonds is 6. The van der Waals surface area contributed by atoms with Crippen LogP contribution in [0.3, 0.4) is 0 Å². The van der Waals surface area contributed by atoms with Gasteiger partial charge in [0.15, 0.2) is 5.57 Å². The SMILES string of the molecule is CCNC1=NC(N)(c2cc(C(C)(C)n3nccn3)nn2C2CC2)NC(OC)=C1C(F)(F)F. The molecule has 2 aromatic heterocycles. The molecule has 1 fully saturated rings. The molecule has 4 rings (SSSR count). The molecule has 10 nitrogen and oxygen atoms in total. The van der Waals surface area contributed by atoms with E-state index in [-0.39, 0.29) is 12.6 Å². The molecule has 1 saturated carbocycles. The summed E-state index contributed by atoms with van der Waals surface area (Å²) >= 11 is 0. The molecule has 0 aromatic carbocycles. The molecule has 0 saturated heterocycles. The van der Waals surface area contributed by atoms with Crippen molar-refractivity contribution in [3.8, 4) is 0 Å². The van der Waals surface area contributed by atoms with Crippen molar-refractivity contribution in [1.82, 2.24) is 35.4 Å². The summed E-state index contributed by atoms with van der Waals surface area (Å²) in [6.07, 6.45) is 0.199. The second-order valence-corrected chi connectivity index (χ2v) is 8.26. The van der Waals surface area contributed by atoms with Gasteiger partial charge in [-0.3, -0.25) is 10.4 Å². The smallest absolute Gasteiger partial charge is 0.425 e. The number of alkyl halides is 3. The summed E-state index contributed by atoms with van der Waals surface area (Å²) in [6, 6.07) is 1.81. The molecular formula is C19H26F3N9O. The van der Waals surface area contributed by atoms with Crippen molar-refractivity contribution in [3.63, 3.8) is 0 Å². The fraction of sp³-hybridized carbons (Fsp3) is 0.579. The third kappa shape index (κ3) is 3.70. The number of amidine groups is 1. The van der Waals surface area contributed by atoms with Gasteiger partial charge in [0.25, 0.3) is 0 Å². The summed E-state index contributed by atoms with van der Waals surface area (Å²) in [7, 11) is 1.15. The summed E-state index contributed by atoms with van der Waals surface area (Å²) in [4.78, 5) is 5.78. The maximum atomic E-state index is 13.8. The number of hydrogen-bond acceptors (Lipinski definition) is 8. The van der Waals surface area contributed by atoms with E-state index in [2.05, 4.69) is 25.8 Å². The molecule has 1 unspecified atom stereocenters. The zero-order valence-electron chi connectivity index (χ0n) is 18.2. The topological polar surface area (TPSA) is 120 Å². The van der Waals surface area contributed by atoms with Crippen LogP contribution in [0.5, 0.6) is 0 Å². The molecule has 13 heteroatoms. The monoisotopic (exact) mass is 453 g/mol. The van der Waals surface area contributed by atoms with Crippen molar-refractivity contribution < 1.29 is 17.9 Å². The molecule has 3 heterocycles. The van der Waals surface area contributed by atoms with Crippen LogP contribution in [0.2, 0.25) is 0 Å². The lowest BCUT2D eigenvalue weighted by Crippen LogP contribution is -2.56. The van der Waals surface area contributed by atoms with E-state index >= 15 is 0 Å². The average Bonchev–Trinajstić information content (AvgIpc) is 3.21. The van der Waals surface area contributed by atoms with E-state index in [4.69, 9.17) is 15.6 Å². The van der Waals surface area contributed by atoms with E-state index in [0.29, 0.717) is 11.4 Å². The van der Waals surface area contributed by atoms with Gasteiger partial charge in [-0.2, -0.15) is 33.3 Å². The number of aliphatic imine (C=N–C) groups is 1. The van der Waals surface area contributed by atoms with Crippen LogP contribution in [0.4, 0.5) is 13.2 Å². The Bertz CT molecular complexity index is 1050. The van der Waals surface area contributed by atoms with Crippen LogP contribution in [-0.4, -0.2) is 50.4 Å². The molecule has 2 aromatic rings. The van der Waals surface area contributed by atoms with Crippen LogP contribution in [0, 0.1) is 0 Å².